The van der Waals surface area contributed by atoms with Crippen LogP contribution in [0.25, 0.3) is 0 Å². The maximum absolute atomic E-state index is 13.6. The van der Waals surface area contributed by atoms with Crippen molar-refractivity contribution in [1.82, 2.24) is 20.2 Å². The van der Waals surface area contributed by atoms with Crippen LogP contribution in [0.2, 0.25) is 0 Å². The Morgan fingerprint density at radius 1 is 1.09 bits per heavy atom. The third-order valence-corrected chi connectivity index (χ3v) is 2.91. The Labute approximate surface area is 130 Å². The highest BCUT2D eigenvalue weighted by molar-refractivity contribution is 5.56. The average Bonchev–Trinajstić information content (AvgIpc) is 2.57. The molecule has 2 heterocycles. The molecule has 0 radical (unpaired) electrons. The summed E-state index contributed by atoms with van der Waals surface area (Å²) >= 11 is 0. The van der Waals surface area contributed by atoms with Gasteiger partial charge >= 0.3 is 0 Å². The van der Waals surface area contributed by atoms with Crippen molar-refractivity contribution in [2.24, 2.45) is 0 Å². The smallest absolute Gasteiger partial charge is 0.245 e. The highest BCUT2D eigenvalue weighted by Gasteiger charge is 2.06. The number of hydrogen-bond acceptors (Lipinski definition) is 6. The van der Waals surface area contributed by atoms with Crippen LogP contribution in [0.5, 0.6) is 0 Å². The molecule has 0 atom stereocenters. The van der Waals surface area contributed by atoms with Crippen molar-refractivity contribution in [3.63, 3.8) is 0 Å². The number of pyridine rings is 1. The van der Waals surface area contributed by atoms with E-state index in [2.05, 4.69) is 30.8 Å². The van der Waals surface area contributed by atoms with Crippen molar-refractivity contribution in [1.29, 1.82) is 0 Å². The van der Waals surface area contributed by atoms with Crippen LogP contribution in [0.1, 0.15) is 5.69 Å². The van der Waals surface area contributed by atoms with E-state index < -0.39 is 11.6 Å². The first kappa shape index (κ1) is 14.8. The predicted octanol–water partition coefficient (Wildman–Crippen LogP) is 2.90. The summed E-state index contributed by atoms with van der Waals surface area (Å²) < 4.78 is 26.5. The first-order valence-electron chi connectivity index (χ1n) is 6.76. The molecule has 23 heavy (non-hydrogen) atoms. The molecule has 116 valence electrons. The molecule has 8 heteroatoms. The lowest BCUT2D eigenvalue weighted by Crippen LogP contribution is -2.07. The minimum atomic E-state index is -0.716. The van der Waals surface area contributed by atoms with E-state index in [0.29, 0.717) is 6.54 Å². The van der Waals surface area contributed by atoms with Crippen LogP contribution >= 0.6 is 0 Å². The molecule has 3 aromatic rings. The first-order valence-corrected chi connectivity index (χ1v) is 6.76. The molecule has 0 aliphatic heterocycles. The number of hydrogen-bond donors (Lipinski definition) is 2. The fraction of sp³-hybridized carbons (Fsp3) is 0.0667. The van der Waals surface area contributed by atoms with Crippen LogP contribution in [-0.2, 0) is 6.54 Å². The maximum atomic E-state index is 13.6. The van der Waals surface area contributed by atoms with Crippen molar-refractivity contribution in [3.8, 4) is 0 Å². The van der Waals surface area contributed by atoms with E-state index in [9.17, 15) is 8.78 Å². The van der Waals surface area contributed by atoms with E-state index in [1.807, 2.05) is 18.2 Å². The van der Waals surface area contributed by atoms with Gasteiger partial charge in [0.25, 0.3) is 0 Å². The zero-order valence-corrected chi connectivity index (χ0v) is 11.9. The number of benzene rings is 1. The van der Waals surface area contributed by atoms with Crippen LogP contribution in [0.3, 0.4) is 0 Å². The van der Waals surface area contributed by atoms with E-state index >= 15 is 0 Å². The standard InChI is InChI=1S/C15H12F2N6/c16-10-4-5-13(12(17)7-10)21-14-9-20-23-15(22-14)19-8-11-3-1-2-6-18-11/h1-7,9H,8H2,(H2,19,21,22,23). The number of aromatic nitrogens is 4. The molecule has 0 fully saturated rings. The predicted molar refractivity (Wildman–Crippen MR) is 81.0 cm³/mol. The summed E-state index contributed by atoms with van der Waals surface area (Å²) in [4.78, 5) is 8.33. The van der Waals surface area contributed by atoms with Gasteiger partial charge in [0.1, 0.15) is 11.6 Å². The molecule has 0 amide bonds. The third kappa shape index (κ3) is 3.94. The Hall–Kier alpha value is -3.16. The van der Waals surface area contributed by atoms with E-state index in [4.69, 9.17) is 0 Å². The molecular weight excluding hydrogens is 302 g/mol. The maximum Gasteiger partial charge on any atom is 0.245 e. The normalized spacial score (nSPS) is 10.3. The molecule has 0 spiro atoms. The van der Waals surface area contributed by atoms with Crippen molar-refractivity contribution in [2.45, 2.75) is 6.54 Å². The molecule has 2 aromatic heterocycles. The van der Waals surface area contributed by atoms with Gasteiger partial charge in [-0.2, -0.15) is 10.1 Å². The van der Waals surface area contributed by atoms with Crippen molar-refractivity contribution in [3.05, 3.63) is 66.1 Å². The van der Waals surface area contributed by atoms with Crippen LogP contribution in [-0.4, -0.2) is 20.2 Å². The Bertz CT molecular complexity index is 797. The van der Waals surface area contributed by atoms with Crippen molar-refractivity contribution in [2.75, 3.05) is 10.6 Å². The lowest BCUT2D eigenvalue weighted by atomic mass is 10.3. The van der Waals surface area contributed by atoms with Gasteiger partial charge in [-0.05, 0) is 24.3 Å². The van der Waals surface area contributed by atoms with Crippen LogP contribution < -0.4 is 10.6 Å². The lowest BCUT2D eigenvalue weighted by Gasteiger charge is -2.08. The van der Waals surface area contributed by atoms with Gasteiger partial charge in [0, 0.05) is 12.3 Å². The highest BCUT2D eigenvalue weighted by Crippen LogP contribution is 2.19. The van der Waals surface area contributed by atoms with Gasteiger partial charge in [-0.3, -0.25) is 4.98 Å². The van der Waals surface area contributed by atoms with Gasteiger partial charge in [0.2, 0.25) is 5.95 Å². The summed E-state index contributed by atoms with van der Waals surface area (Å²) in [6, 6.07) is 8.78. The number of anilines is 3. The Morgan fingerprint density at radius 3 is 2.78 bits per heavy atom. The molecule has 0 saturated heterocycles. The second kappa shape index (κ2) is 6.73. The molecule has 2 N–H and O–H groups in total. The number of nitrogens with zero attached hydrogens (tertiary/aromatic N) is 4. The third-order valence-electron chi connectivity index (χ3n) is 2.91. The van der Waals surface area contributed by atoms with Crippen LogP contribution in [0.15, 0.2) is 48.8 Å². The first-order chi connectivity index (χ1) is 11.2. The quantitative estimate of drug-likeness (QED) is 0.754. The van der Waals surface area contributed by atoms with Gasteiger partial charge in [0.05, 0.1) is 24.1 Å². The molecule has 0 aliphatic rings. The number of nitrogens with one attached hydrogen (secondary N) is 2. The molecule has 0 saturated carbocycles. The molecular formula is C15H12F2N6. The molecule has 1 aromatic carbocycles. The Kier molecular flexibility index (Phi) is 4.32. The fourth-order valence-electron chi connectivity index (χ4n) is 1.84. The minimum Gasteiger partial charge on any atom is -0.347 e. The lowest BCUT2D eigenvalue weighted by molar-refractivity contribution is 0.586. The molecule has 0 unspecified atom stereocenters. The van der Waals surface area contributed by atoms with Crippen molar-refractivity contribution < 1.29 is 8.78 Å². The summed E-state index contributed by atoms with van der Waals surface area (Å²) in [5.74, 6) is -0.810. The molecule has 6 nitrogen and oxygen atoms in total. The number of halogens is 2. The van der Waals surface area contributed by atoms with Crippen LogP contribution in [0, 0.1) is 11.6 Å². The largest absolute Gasteiger partial charge is 0.347 e. The van der Waals surface area contributed by atoms with Gasteiger partial charge in [-0.25, -0.2) is 8.78 Å². The van der Waals surface area contributed by atoms with E-state index in [1.54, 1.807) is 6.20 Å². The second-order valence-corrected chi connectivity index (χ2v) is 4.59. The SMILES string of the molecule is Fc1ccc(Nc2cnnc(NCc3ccccn3)n2)c(F)c1. The average molecular weight is 314 g/mol. The number of rotatable bonds is 5. The fourth-order valence-corrected chi connectivity index (χ4v) is 1.84. The zero-order valence-electron chi connectivity index (χ0n) is 11.9. The summed E-state index contributed by atoms with van der Waals surface area (Å²) in [6.45, 7) is 0.427. The van der Waals surface area contributed by atoms with Gasteiger partial charge in [-0.15, -0.1) is 5.10 Å². The molecule has 0 aliphatic carbocycles. The van der Waals surface area contributed by atoms with Gasteiger partial charge in [0.15, 0.2) is 5.82 Å². The highest BCUT2D eigenvalue weighted by atomic mass is 19.1. The summed E-state index contributed by atoms with van der Waals surface area (Å²) in [5, 5.41) is 13.3. The van der Waals surface area contributed by atoms with Gasteiger partial charge < -0.3 is 10.6 Å². The van der Waals surface area contributed by atoms with Gasteiger partial charge in [-0.1, -0.05) is 6.07 Å². The Morgan fingerprint density at radius 2 is 2.00 bits per heavy atom. The molecule has 3 rings (SSSR count). The topological polar surface area (TPSA) is 75.6 Å². The van der Waals surface area contributed by atoms with E-state index in [0.717, 1.165) is 17.8 Å². The zero-order chi connectivity index (χ0) is 16.1. The molecule has 0 bridgehead atoms. The summed E-state index contributed by atoms with van der Waals surface area (Å²) in [6.07, 6.45) is 3.03. The van der Waals surface area contributed by atoms with Crippen LogP contribution in [0.4, 0.5) is 26.2 Å². The van der Waals surface area contributed by atoms with E-state index in [1.165, 1.54) is 12.3 Å². The van der Waals surface area contributed by atoms with E-state index in [-0.39, 0.29) is 17.5 Å². The summed E-state index contributed by atoms with van der Waals surface area (Å²) in [5.41, 5.74) is 0.918. The van der Waals surface area contributed by atoms with Crippen molar-refractivity contribution >= 4 is 17.5 Å². The Balaban J connectivity index is 1.69. The second-order valence-electron chi connectivity index (χ2n) is 4.59. The minimum absolute atomic E-state index is 0.0996. The summed E-state index contributed by atoms with van der Waals surface area (Å²) in [7, 11) is 0. The monoisotopic (exact) mass is 314 g/mol.